The van der Waals surface area contributed by atoms with E-state index in [1.54, 1.807) is 12.3 Å². The van der Waals surface area contributed by atoms with Crippen LogP contribution in [0.4, 0.5) is 17.2 Å². The number of anilines is 3. The Kier molecular flexibility index (Phi) is 5.94. The third-order valence-electron chi connectivity index (χ3n) is 5.80. The quantitative estimate of drug-likeness (QED) is 0.436. The highest BCUT2D eigenvalue weighted by Gasteiger charge is 2.34. The molecule has 0 bridgehead atoms. The number of hydrogen-bond acceptors (Lipinski definition) is 7. The van der Waals surface area contributed by atoms with E-state index in [1.165, 1.54) is 16.9 Å². The summed E-state index contributed by atoms with van der Waals surface area (Å²) in [6.45, 7) is 7.06. The molecule has 1 aromatic carbocycles. The van der Waals surface area contributed by atoms with Gasteiger partial charge < -0.3 is 31.6 Å². The third-order valence-corrected chi connectivity index (χ3v) is 5.80. The van der Waals surface area contributed by atoms with Crippen molar-refractivity contribution in [2.45, 2.75) is 32.9 Å². The van der Waals surface area contributed by atoms with Crippen LogP contribution < -0.4 is 26.6 Å². The number of H-pyrrole nitrogens is 1. The lowest BCUT2D eigenvalue weighted by molar-refractivity contribution is 0.0947. The van der Waals surface area contributed by atoms with Gasteiger partial charge in [0.2, 0.25) is 0 Å². The lowest BCUT2D eigenvalue weighted by Crippen LogP contribution is -2.50. The SMILES string of the molecule is CCN1c2ccc(CCCN)cc2N(CC)C1CNC(=O)c1nc2cc[nH]c2nc1N. The third kappa shape index (κ3) is 3.88. The van der Waals surface area contributed by atoms with Gasteiger partial charge in [0, 0.05) is 19.3 Å². The average Bonchev–Trinajstić information content (AvgIpc) is 3.35. The van der Waals surface area contributed by atoms with Crippen LogP contribution >= 0.6 is 0 Å². The molecule has 31 heavy (non-hydrogen) atoms. The lowest BCUT2D eigenvalue weighted by Gasteiger charge is -2.32. The molecule has 2 aromatic heterocycles. The summed E-state index contributed by atoms with van der Waals surface area (Å²) in [6.07, 6.45) is 3.68. The largest absolute Gasteiger partial charge is 0.382 e. The van der Waals surface area contributed by atoms with Crippen molar-refractivity contribution in [3.63, 3.8) is 0 Å². The number of amides is 1. The molecule has 0 radical (unpaired) electrons. The molecule has 4 rings (SSSR count). The first kappa shape index (κ1) is 20.9. The van der Waals surface area contributed by atoms with E-state index in [0.29, 0.717) is 24.3 Å². The van der Waals surface area contributed by atoms with Crippen LogP contribution in [0.1, 0.15) is 36.3 Å². The Bertz CT molecular complexity index is 1080. The number of rotatable bonds is 8. The number of nitrogens with zero attached hydrogens (tertiary/aromatic N) is 4. The fourth-order valence-electron chi connectivity index (χ4n) is 4.29. The maximum absolute atomic E-state index is 12.9. The number of fused-ring (bicyclic) bond motifs is 2. The van der Waals surface area contributed by atoms with Crippen molar-refractivity contribution in [3.8, 4) is 0 Å². The molecule has 0 spiro atoms. The van der Waals surface area contributed by atoms with Crippen LogP contribution in [0.15, 0.2) is 30.5 Å². The molecule has 3 aromatic rings. The van der Waals surface area contributed by atoms with Gasteiger partial charge in [-0.05, 0) is 57.0 Å². The second-order valence-electron chi connectivity index (χ2n) is 7.65. The van der Waals surface area contributed by atoms with Gasteiger partial charge >= 0.3 is 0 Å². The van der Waals surface area contributed by atoms with Crippen molar-refractivity contribution in [3.05, 3.63) is 41.7 Å². The smallest absolute Gasteiger partial charge is 0.273 e. The molecule has 164 valence electrons. The molecule has 1 unspecified atom stereocenters. The van der Waals surface area contributed by atoms with Crippen LogP contribution in [0.25, 0.3) is 11.2 Å². The van der Waals surface area contributed by atoms with E-state index >= 15 is 0 Å². The molecule has 6 N–H and O–H groups in total. The highest BCUT2D eigenvalue weighted by Crippen LogP contribution is 2.40. The zero-order valence-corrected chi connectivity index (χ0v) is 18.1. The van der Waals surface area contributed by atoms with E-state index in [9.17, 15) is 4.79 Å². The van der Waals surface area contributed by atoms with E-state index < -0.39 is 0 Å². The summed E-state index contributed by atoms with van der Waals surface area (Å²) in [5, 5.41) is 3.02. The van der Waals surface area contributed by atoms with E-state index in [0.717, 1.165) is 25.9 Å². The molecule has 9 heteroatoms. The van der Waals surface area contributed by atoms with Gasteiger partial charge in [0.1, 0.15) is 11.7 Å². The van der Waals surface area contributed by atoms with Gasteiger partial charge in [0.15, 0.2) is 17.2 Å². The number of nitrogens with one attached hydrogen (secondary N) is 2. The van der Waals surface area contributed by atoms with Crippen molar-refractivity contribution >= 4 is 34.3 Å². The van der Waals surface area contributed by atoms with Gasteiger partial charge in [-0.2, -0.15) is 0 Å². The molecule has 1 aliphatic heterocycles. The van der Waals surface area contributed by atoms with Crippen LogP contribution in [0.3, 0.4) is 0 Å². The number of aryl methyl sites for hydroxylation is 1. The number of benzene rings is 1. The summed E-state index contributed by atoms with van der Waals surface area (Å²) in [4.78, 5) is 29.1. The van der Waals surface area contributed by atoms with Crippen molar-refractivity contribution in [1.82, 2.24) is 20.3 Å². The Labute approximate surface area is 181 Å². The van der Waals surface area contributed by atoms with Gasteiger partial charge in [-0.15, -0.1) is 0 Å². The Balaban J connectivity index is 1.53. The second-order valence-corrected chi connectivity index (χ2v) is 7.65. The number of hydrogen-bond donors (Lipinski definition) is 4. The Morgan fingerprint density at radius 2 is 1.94 bits per heavy atom. The highest BCUT2D eigenvalue weighted by molar-refractivity contribution is 5.98. The van der Waals surface area contributed by atoms with Crippen molar-refractivity contribution in [2.24, 2.45) is 5.73 Å². The maximum Gasteiger partial charge on any atom is 0.273 e. The standard InChI is InChI=1S/C22H30N8O/c1-3-29-16-8-7-14(6-5-10-23)12-17(16)30(4-2)18(29)13-26-22(31)19-20(24)28-21-15(27-19)9-11-25-21/h7-9,11-12,18H,3-6,10,13,23H2,1-2H3,(H,26,31)(H3,24,25,28). The zero-order valence-electron chi connectivity index (χ0n) is 18.1. The van der Waals surface area contributed by atoms with Crippen LogP contribution in [0, 0.1) is 0 Å². The molecule has 0 saturated heterocycles. The number of aromatic amines is 1. The summed E-state index contributed by atoms with van der Waals surface area (Å²) in [5.41, 5.74) is 16.7. The minimum absolute atomic E-state index is 0.0175. The molecule has 9 nitrogen and oxygen atoms in total. The monoisotopic (exact) mass is 422 g/mol. The summed E-state index contributed by atoms with van der Waals surface area (Å²) in [7, 11) is 0. The second kappa shape index (κ2) is 8.81. The van der Waals surface area contributed by atoms with Gasteiger partial charge in [-0.25, -0.2) is 9.97 Å². The number of aromatic nitrogens is 3. The van der Waals surface area contributed by atoms with E-state index in [1.807, 2.05) is 0 Å². The first-order chi connectivity index (χ1) is 15.1. The fraction of sp³-hybridized carbons (Fsp3) is 0.409. The lowest BCUT2D eigenvalue weighted by atomic mass is 10.1. The molecule has 1 aliphatic rings. The summed E-state index contributed by atoms with van der Waals surface area (Å²) in [6, 6.07) is 8.38. The minimum atomic E-state index is -0.320. The molecular weight excluding hydrogens is 392 g/mol. The molecule has 3 heterocycles. The normalized spacial score (nSPS) is 15.5. The predicted molar refractivity (Wildman–Crippen MR) is 124 cm³/mol. The Hall–Kier alpha value is -3.33. The molecule has 1 amide bonds. The van der Waals surface area contributed by atoms with Crippen LogP contribution in [0.5, 0.6) is 0 Å². The van der Waals surface area contributed by atoms with Crippen molar-refractivity contribution < 1.29 is 4.79 Å². The molecular formula is C22H30N8O. The predicted octanol–water partition coefficient (Wildman–Crippen LogP) is 1.85. The molecule has 1 atom stereocenters. The van der Waals surface area contributed by atoms with Gasteiger partial charge in [0.25, 0.3) is 5.91 Å². The summed E-state index contributed by atoms with van der Waals surface area (Å²) < 4.78 is 0. The van der Waals surface area contributed by atoms with Crippen LogP contribution in [0.2, 0.25) is 0 Å². The maximum atomic E-state index is 12.9. The van der Waals surface area contributed by atoms with Crippen molar-refractivity contribution in [1.29, 1.82) is 0 Å². The molecule has 0 fully saturated rings. The van der Waals surface area contributed by atoms with E-state index in [4.69, 9.17) is 11.5 Å². The Morgan fingerprint density at radius 1 is 1.16 bits per heavy atom. The molecule has 0 aliphatic carbocycles. The number of nitrogens with two attached hydrogens (primary N) is 2. The summed E-state index contributed by atoms with van der Waals surface area (Å²) >= 11 is 0. The fourth-order valence-corrected chi connectivity index (χ4v) is 4.29. The number of likely N-dealkylation sites (N-methyl/N-ethyl adjacent to an activating group) is 2. The number of carbonyl (C=O) groups excluding carboxylic acids is 1. The van der Waals surface area contributed by atoms with E-state index in [-0.39, 0.29) is 23.6 Å². The Morgan fingerprint density at radius 3 is 2.68 bits per heavy atom. The first-order valence-electron chi connectivity index (χ1n) is 10.8. The number of carbonyl (C=O) groups is 1. The van der Waals surface area contributed by atoms with Crippen LogP contribution in [-0.2, 0) is 6.42 Å². The van der Waals surface area contributed by atoms with Crippen LogP contribution in [-0.4, -0.2) is 53.2 Å². The van der Waals surface area contributed by atoms with Gasteiger partial charge in [-0.1, -0.05) is 6.07 Å². The highest BCUT2D eigenvalue weighted by atomic mass is 16.1. The summed E-state index contributed by atoms with van der Waals surface area (Å²) in [5.74, 6) is -0.203. The average molecular weight is 423 g/mol. The zero-order chi connectivity index (χ0) is 22.0. The van der Waals surface area contributed by atoms with Gasteiger partial charge in [0.05, 0.1) is 17.9 Å². The number of nitrogen functional groups attached to an aromatic ring is 1. The first-order valence-corrected chi connectivity index (χ1v) is 10.8. The van der Waals surface area contributed by atoms with E-state index in [2.05, 4.69) is 62.1 Å². The van der Waals surface area contributed by atoms with Crippen molar-refractivity contribution in [2.75, 3.05) is 41.7 Å². The minimum Gasteiger partial charge on any atom is -0.382 e. The van der Waals surface area contributed by atoms with Gasteiger partial charge in [-0.3, -0.25) is 4.79 Å². The molecule has 0 saturated carbocycles. The topological polar surface area (TPSA) is 129 Å².